The summed E-state index contributed by atoms with van der Waals surface area (Å²) in [5, 5.41) is 12.6. The average molecular weight is 571 g/mol. The van der Waals surface area contributed by atoms with Crippen LogP contribution in [0.3, 0.4) is 0 Å². The van der Waals surface area contributed by atoms with Crippen molar-refractivity contribution in [2.75, 3.05) is 54.3 Å². The second-order valence-corrected chi connectivity index (χ2v) is 9.91. The molecule has 5 rings (SSSR count). The molecule has 0 atom stereocenters. The molecule has 39 heavy (non-hydrogen) atoms. The maximum Gasteiger partial charge on any atom is 0.319 e. The zero-order valence-corrected chi connectivity index (χ0v) is 22.9. The maximum atomic E-state index is 13.2. The van der Waals surface area contributed by atoms with E-state index >= 15 is 0 Å². The molecule has 3 amide bonds. The van der Waals surface area contributed by atoms with Gasteiger partial charge in [0.2, 0.25) is 11.8 Å². The Kier molecular flexibility index (Phi) is 7.92. The van der Waals surface area contributed by atoms with Gasteiger partial charge in [0, 0.05) is 38.1 Å². The van der Waals surface area contributed by atoms with E-state index in [1.165, 1.54) is 11.1 Å². The third-order valence-corrected chi connectivity index (χ3v) is 7.35. The normalized spacial score (nSPS) is 15.4. The number of carbonyl (C=O) groups is 2. The second-order valence-electron chi connectivity index (χ2n) is 9.10. The highest BCUT2D eigenvalue weighted by molar-refractivity contribution is 6.40. The van der Waals surface area contributed by atoms with E-state index in [0.29, 0.717) is 33.1 Å². The van der Waals surface area contributed by atoms with Gasteiger partial charge in [-0.1, -0.05) is 29.3 Å². The van der Waals surface area contributed by atoms with Crippen molar-refractivity contribution in [2.45, 2.75) is 18.9 Å². The summed E-state index contributed by atoms with van der Waals surface area (Å²) in [6, 6.07) is 10.8. The van der Waals surface area contributed by atoms with Gasteiger partial charge in [-0.2, -0.15) is 4.98 Å². The number of carbonyl (C=O) groups excluding carboxylic acids is 2. The molecule has 0 saturated carbocycles. The Hall–Kier alpha value is -3.80. The first-order chi connectivity index (χ1) is 18.9. The molecular weight excluding hydrogens is 543 g/mol. The number of hydrogen-bond acceptors (Lipinski definition) is 8. The van der Waals surface area contributed by atoms with Crippen molar-refractivity contribution in [1.29, 1.82) is 0 Å². The molecule has 2 aliphatic rings. The van der Waals surface area contributed by atoms with Crippen molar-refractivity contribution in [1.82, 2.24) is 20.6 Å². The molecule has 0 unspecified atom stereocenters. The Morgan fingerprint density at radius 2 is 1.85 bits per heavy atom. The van der Waals surface area contributed by atoms with E-state index in [2.05, 4.69) is 36.1 Å². The van der Waals surface area contributed by atoms with Gasteiger partial charge in [0.05, 0.1) is 27.1 Å². The average Bonchev–Trinajstić information content (AvgIpc) is 2.94. The van der Waals surface area contributed by atoms with E-state index in [1.807, 2.05) is 25.2 Å². The van der Waals surface area contributed by atoms with Crippen LogP contribution < -0.4 is 35.8 Å². The number of amides is 3. The Morgan fingerprint density at radius 3 is 2.54 bits per heavy atom. The molecule has 2 aliphatic heterocycles. The largest absolute Gasteiger partial charge is 0.455 e. The number of para-hydroxylation sites is 1. The number of aromatic nitrogens is 2. The van der Waals surface area contributed by atoms with Crippen LogP contribution in [0.4, 0.5) is 33.5 Å². The van der Waals surface area contributed by atoms with Crippen molar-refractivity contribution in [3.05, 3.63) is 58.2 Å². The van der Waals surface area contributed by atoms with Crippen LogP contribution in [0.15, 0.2) is 42.6 Å². The smallest absolute Gasteiger partial charge is 0.319 e. The van der Waals surface area contributed by atoms with Gasteiger partial charge in [0.15, 0.2) is 6.73 Å². The Balaban J connectivity index is 1.36. The van der Waals surface area contributed by atoms with Crippen molar-refractivity contribution >= 4 is 63.8 Å². The molecule has 1 saturated heterocycles. The summed E-state index contributed by atoms with van der Waals surface area (Å²) < 4.78 is 5.78. The van der Waals surface area contributed by atoms with Crippen molar-refractivity contribution in [2.24, 2.45) is 0 Å². The van der Waals surface area contributed by atoms with E-state index < -0.39 is 0 Å². The Labute approximate surface area is 235 Å². The minimum atomic E-state index is -0.374. The zero-order valence-electron chi connectivity index (χ0n) is 21.4. The van der Waals surface area contributed by atoms with E-state index in [-0.39, 0.29) is 36.1 Å². The summed E-state index contributed by atoms with van der Waals surface area (Å²) in [5.41, 5.74) is 2.79. The molecule has 4 N–H and O–H groups in total. The molecule has 3 heterocycles. The summed E-state index contributed by atoms with van der Waals surface area (Å²) in [7, 11) is 3.55. The first kappa shape index (κ1) is 26.8. The number of halogens is 2. The minimum Gasteiger partial charge on any atom is -0.455 e. The summed E-state index contributed by atoms with van der Waals surface area (Å²) in [4.78, 5) is 37.7. The number of nitrogens with one attached hydrogen (secondary N) is 4. The number of piperidine rings is 1. The molecule has 11 nitrogen and oxygen atoms in total. The molecule has 13 heteroatoms. The van der Waals surface area contributed by atoms with Gasteiger partial charge in [0.1, 0.15) is 5.56 Å². The fourth-order valence-corrected chi connectivity index (χ4v) is 5.24. The fraction of sp³-hybridized carbons (Fsp3) is 0.308. The topological polar surface area (TPSA) is 124 Å². The molecule has 1 aromatic heterocycles. The third-order valence-electron chi connectivity index (χ3n) is 6.74. The number of benzene rings is 2. The fourth-order valence-electron chi connectivity index (χ4n) is 4.64. The number of fused-ring (bicyclic) bond motifs is 1. The van der Waals surface area contributed by atoms with Crippen molar-refractivity contribution in [3.8, 4) is 5.88 Å². The summed E-state index contributed by atoms with van der Waals surface area (Å²) in [6.07, 6.45) is 3.42. The third kappa shape index (κ3) is 5.65. The quantitative estimate of drug-likeness (QED) is 0.342. The van der Waals surface area contributed by atoms with Crippen LogP contribution >= 0.6 is 23.2 Å². The number of urea groups is 1. The summed E-state index contributed by atoms with van der Waals surface area (Å²) in [6.45, 7) is 1.64. The summed E-state index contributed by atoms with van der Waals surface area (Å²) in [5.74, 6) is 0.00479. The van der Waals surface area contributed by atoms with Gasteiger partial charge >= 0.3 is 6.03 Å². The maximum absolute atomic E-state index is 13.2. The number of nitrogens with zero attached hydrogens (tertiary/aromatic N) is 4. The van der Waals surface area contributed by atoms with Crippen LogP contribution in [0.5, 0.6) is 5.88 Å². The lowest BCUT2D eigenvalue weighted by Gasteiger charge is -2.34. The number of rotatable bonds is 6. The van der Waals surface area contributed by atoms with Gasteiger partial charge in [-0.25, -0.2) is 9.78 Å². The molecule has 2 aromatic carbocycles. The highest BCUT2D eigenvalue weighted by Crippen LogP contribution is 2.37. The Bertz CT molecular complexity index is 1380. The van der Waals surface area contributed by atoms with Gasteiger partial charge in [-0.15, -0.1) is 0 Å². The van der Waals surface area contributed by atoms with E-state index in [9.17, 15) is 9.59 Å². The number of anilines is 5. The second kappa shape index (κ2) is 11.5. The number of hydrogen-bond donors (Lipinski definition) is 4. The van der Waals surface area contributed by atoms with Gasteiger partial charge in [-0.05, 0) is 50.2 Å². The SMILES string of the molecule is CNC(=O)Nc1cc(Nc2ncc3c(n2)OCN(c2c(Cl)cccc2Cl)C3=O)ccc1N1CCC(NC)CC1. The van der Waals surface area contributed by atoms with Gasteiger partial charge in [0.25, 0.3) is 5.91 Å². The first-order valence-corrected chi connectivity index (χ1v) is 13.2. The van der Waals surface area contributed by atoms with Crippen LogP contribution in [0.25, 0.3) is 0 Å². The van der Waals surface area contributed by atoms with E-state index in [1.54, 1.807) is 25.2 Å². The lowest BCUT2D eigenvalue weighted by atomic mass is 10.0. The minimum absolute atomic E-state index is 0.106. The molecule has 0 spiro atoms. The van der Waals surface area contributed by atoms with Crippen molar-refractivity contribution in [3.63, 3.8) is 0 Å². The molecule has 0 bridgehead atoms. The lowest BCUT2D eigenvalue weighted by Crippen LogP contribution is -2.41. The van der Waals surface area contributed by atoms with E-state index in [4.69, 9.17) is 27.9 Å². The Morgan fingerprint density at radius 1 is 1.10 bits per heavy atom. The van der Waals surface area contributed by atoms with Crippen LogP contribution in [-0.2, 0) is 0 Å². The van der Waals surface area contributed by atoms with Crippen LogP contribution in [0.1, 0.15) is 23.2 Å². The van der Waals surface area contributed by atoms with Gasteiger partial charge in [-0.3, -0.25) is 9.69 Å². The van der Waals surface area contributed by atoms with Gasteiger partial charge < -0.3 is 30.9 Å². The van der Waals surface area contributed by atoms with Crippen LogP contribution in [-0.4, -0.2) is 61.9 Å². The monoisotopic (exact) mass is 570 g/mol. The van der Waals surface area contributed by atoms with Crippen LogP contribution in [0, 0.1) is 0 Å². The molecule has 0 radical (unpaired) electrons. The first-order valence-electron chi connectivity index (χ1n) is 12.5. The van der Waals surface area contributed by atoms with Crippen LogP contribution in [0.2, 0.25) is 10.0 Å². The standard InChI is InChI=1S/C26H28Cl2N8O3/c1-29-15-8-10-35(11-9-15)21-7-6-16(12-20(21)33-26(38)30-2)32-25-31-13-17-23(34-25)39-14-36(24(17)37)22-18(27)4-3-5-19(22)28/h3-7,12-13,15,29H,8-11,14H2,1-2H3,(H2,30,33,38)(H,31,32,34). The lowest BCUT2D eigenvalue weighted by molar-refractivity contribution is 0.0932. The van der Waals surface area contributed by atoms with Crippen molar-refractivity contribution < 1.29 is 14.3 Å². The van der Waals surface area contributed by atoms with E-state index in [0.717, 1.165) is 31.6 Å². The zero-order chi connectivity index (χ0) is 27.5. The molecule has 3 aromatic rings. The highest BCUT2D eigenvalue weighted by Gasteiger charge is 2.31. The molecule has 0 aliphatic carbocycles. The molecule has 1 fully saturated rings. The molecule has 204 valence electrons. The summed E-state index contributed by atoms with van der Waals surface area (Å²) >= 11 is 12.6. The number of ether oxygens (including phenoxy) is 1. The predicted molar refractivity (Wildman–Crippen MR) is 153 cm³/mol. The highest BCUT2D eigenvalue weighted by atomic mass is 35.5. The predicted octanol–water partition coefficient (Wildman–Crippen LogP) is 4.46. The molecular formula is C26H28Cl2N8O3.